The zero-order chi connectivity index (χ0) is 14.8. The lowest BCUT2D eigenvalue weighted by atomic mass is 10.0. The summed E-state index contributed by atoms with van der Waals surface area (Å²) in [6.45, 7) is 0. The number of halogens is 4. The van der Waals surface area contributed by atoms with Crippen molar-refractivity contribution >= 4 is 15.9 Å². The number of unbranched alkanes of at least 4 members (excludes halogenated alkanes) is 6. The van der Waals surface area contributed by atoms with E-state index in [4.69, 9.17) is 0 Å². The molecule has 0 atom stereocenters. The maximum Gasteiger partial charge on any atom is 0.389 e. The van der Waals surface area contributed by atoms with Crippen LogP contribution in [0, 0.1) is 0 Å². The van der Waals surface area contributed by atoms with Gasteiger partial charge in [-0.3, -0.25) is 0 Å². The molecule has 114 valence electrons. The molecule has 0 aliphatic rings. The molecule has 0 saturated heterocycles. The second-order valence-corrected chi connectivity index (χ2v) is 6.14. The molecular weight excluding hydrogens is 329 g/mol. The van der Waals surface area contributed by atoms with E-state index in [-0.39, 0.29) is 6.42 Å². The summed E-state index contributed by atoms with van der Waals surface area (Å²) < 4.78 is 36.9. The summed E-state index contributed by atoms with van der Waals surface area (Å²) in [6, 6.07) is 8.32. The average Bonchev–Trinajstić information content (AvgIpc) is 2.35. The number of hydrogen-bond donors (Lipinski definition) is 0. The average molecular weight is 351 g/mol. The summed E-state index contributed by atoms with van der Waals surface area (Å²) >= 11 is 3.45. The highest BCUT2D eigenvalue weighted by molar-refractivity contribution is 9.10. The first-order valence-electron chi connectivity index (χ1n) is 7.28. The fraction of sp³-hybridized carbons (Fsp3) is 0.625. The van der Waals surface area contributed by atoms with Gasteiger partial charge in [0.05, 0.1) is 0 Å². The van der Waals surface area contributed by atoms with Gasteiger partial charge in [-0.05, 0) is 37.0 Å². The maximum absolute atomic E-state index is 11.9. The molecule has 0 heterocycles. The molecule has 0 bridgehead atoms. The van der Waals surface area contributed by atoms with E-state index >= 15 is 0 Å². The van der Waals surface area contributed by atoms with Crippen LogP contribution in [0.15, 0.2) is 28.7 Å². The fourth-order valence-electron chi connectivity index (χ4n) is 2.23. The van der Waals surface area contributed by atoms with Gasteiger partial charge in [-0.25, -0.2) is 0 Å². The third-order valence-corrected chi connectivity index (χ3v) is 3.81. The van der Waals surface area contributed by atoms with E-state index in [1.165, 1.54) is 5.56 Å². The Bertz CT molecular complexity index is 374. The van der Waals surface area contributed by atoms with Gasteiger partial charge in [0.25, 0.3) is 0 Å². The van der Waals surface area contributed by atoms with Crippen molar-refractivity contribution < 1.29 is 13.2 Å². The van der Waals surface area contributed by atoms with Gasteiger partial charge in [0.15, 0.2) is 0 Å². The Morgan fingerprint density at radius 2 is 1.45 bits per heavy atom. The van der Waals surface area contributed by atoms with E-state index in [1.54, 1.807) is 0 Å². The van der Waals surface area contributed by atoms with Gasteiger partial charge in [0.1, 0.15) is 0 Å². The van der Waals surface area contributed by atoms with Gasteiger partial charge in [0.2, 0.25) is 0 Å². The first-order chi connectivity index (χ1) is 9.47. The van der Waals surface area contributed by atoms with Gasteiger partial charge in [-0.15, -0.1) is 0 Å². The highest BCUT2D eigenvalue weighted by atomic mass is 79.9. The summed E-state index contributed by atoms with van der Waals surface area (Å²) in [5.74, 6) is 0. The second kappa shape index (κ2) is 9.43. The Morgan fingerprint density at radius 3 is 2.05 bits per heavy atom. The van der Waals surface area contributed by atoms with Crippen LogP contribution in [0.1, 0.15) is 56.9 Å². The van der Waals surface area contributed by atoms with Gasteiger partial charge in [0, 0.05) is 10.9 Å². The molecule has 0 N–H and O–H groups in total. The quantitative estimate of drug-likeness (QED) is 0.436. The predicted molar refractivity (Wildman–Crippen MR) is 80.8 cm³/mol. The Hall–Kier alpha value is -0.510. The summed E-state index contributed by atoms with van der Waals surface area (Å²) in [5, 5.41) is 0. The van der Waals surface area contributed by atoms with Gasteiger partial charge in [-0.2, -0.15) is 13.2 Å². The lowest BCUT2D eigenvalue weighted by molar-refractivity contribution is -0.135. The van der Waals surface area contributed by atoms with Crippen molar-refractivity contribution in [3.63, 3.8) is 0 Å². The standard InChI is InChI=1S/C16H22BrF3/c17-15-11-8-10-14(13-15)9-6-4-2-1-3-5-7-12-16(18,19)20/h8,10-11,13H,1-7,9,12H2. The number of alkyl halides is 3. The predicted octanol–water partition coefficient (Wildman–Crippen LogP) is 6.67. The number of rotatable bonds is 9. The smallest absolute Gasteiger partial charge is 0.171 e. The van der Waals surface area contributed by atoms with Crippen LogP contribution in [0.2, 0.25) is 0 Å². The minimum atomic E-state index is -3.98. The zero-order valence-electron chi connectivity index (χ0n) is 11.7. The third-order valence-electron chi connectivity index (χ3n) is 3.31. The third kappa shape index (κ3) is 9.40. The van der Waals surface area contributed by atoms with Crippen LogP contribution < -0.4 is 0 Å². The lowest BCUT2D eigenvalue weighted by Crippen LogP contribution is -2.06. The molecule has 20 heavy (non-hydrogen) atoms. The van der Waals surface area contributed by atoms with E-state index in [0.717, 1.165) is 43.0 Å². The molecule has 4 heteroatoms. The summed E-state index contributed by atoms with van der Waals surface area (Å²) in [7, 11) is 0. The zero-order valence-corrected chi connectivity index (χ0v) is 13.3. The Balaban J connectivity index is 1.93. The summed E-state index contributed by atoms with van der Waals surface area (Å²) in [5.41, 5.74) is 1.34. The molecule has 0 amide bonds. The van der Waals surface area contributed by atoms with Crippen LogP contribution >= 0.6 is 15.9 Å². The molecule has 0 nitrogen and oxygen atoms in total. The second-order valence-electron chi connectivity index (χ2n) is 5.22. The first kappa shape index (κ1) is 17.5. The summed E-state index contributed by atoms with van der Waals surface area (Å²) in [4.78, 5) is 0. The molecule has 0 aliphatic heterocycles. The van der Waals surface area contributed by atoms with Crippen LogP contribution in [0.25, 0.3) is 0 Å². The van der Waals surface area contributed by atoms with Crippen LogP contribution in [-0.4, -0.2) is 6.18 Å². The van der Waals surface area contributed by atoms with Crippen molar-refractivity contribution in [2.45, 2.75) is 64.0 Å². The molecule has 0 radical (unpaired) electrons. The molecule has 1 rings (SSSR count). The molecule has 0 saturated carbocycles. The lowest BCUT2D eigenvalue weighted by Gasteiger charge is -2.06. The topological polar surface area (TPSA) is 0 Å². The normalized spacial score (nSPS) is 11.8. The molecule has 0 aromatic heterocycles. The van der Waals surface area contributed by atoms with E-state index < -0.39 is 12.6 Å². The van der Waals surface area contributed by atoms with Gasteiger partial charge < -0.3 is 0 Å². The number of benzene rings is 1. The molecular formula is C16H22BrF3. The van der Waals surface area contributed by atoms with Crippen molar-refractivity contribution in [2.24, 2.45) is 0 Å². The van der Waals surface area contributed by atoms with Crippen LogP contribution in [0.3, 0.4) is 0 Å². The van der Waals surface area contributed by atoms with Crippen molar-refractivity contribution in [3.8, 4) is 0 Å². The van der Waals surface area contributed by atoms with Crippen LogP contribution in [0.4, 0.5) is 13.2 Å². The Morgan fingerprint density at radius 1 is 0.850 bits per heavy atom. The van der Waals surface area contributed by atoms with Crippen molar-refractivity contribution in [1.29, 1.82) is 0 Å². The number of aryl methyl sites for hydroxylation is 1. The van der Waals surface area contributed by atoms with E-state index in [2.05, 4.69) is 28.1 Å². The highest BCUT2D eigenvalue weighted by Gasteiger charge is 2.25. The molecule has 0 unspecified atom stereocenters. The Labute approximate surface area is 127 Å². The molecule has 0 aliphatic carbocycles. The SMILES string of the molecule is FC(F)(F)CCCCCCCCCc1cccc(Br)c1. The van der Waals surface area contributed by atoms with Gasteiger partial charge >= 0.3 is 6.18 Å². The molecule has 1 aromatic rings. The van der Waals surface area contributed by atoms with Crippen molar-refractivity contribution in [3.05, 3.63) is 34.3 Å². The van der Waals surface area contributed by atoms with E-state index in [0.29, 0.717) is 6.42 Å². The minimum absolute atomic E-state index is 0.279. The van der Waals surface area contributed by atoms with Gasteiger partial charge in [-0.1, -0.05) is 60.2 Å². The fourth-order valence-corrected chi connectivity index (χ4v) is 2.68. The summed E-state index contributed by atoms with van der Waals surface area (Å²) in [6.07, 6.45) is 2.86. The van der Waals surface area contributed by atoms with Crippen molar-refractivity contribution in [2.75, 3.05) is 0 Å². The molecule has 0 spiro atoms. The van der Waals surface area contributed by atoms with Crippen molar-refractivity contribution in [1.82, 2.24) is 0 Å². The maximum atomic E-state index is 11.9. The number of hydrogen-bond acceptors (Lipinski definition) is 0. The first-order valence-corrected chi connectivity index (χ1v) is 8.08. The van der Waals surface area contributed by atoms with Crippen LogP contribution in [-0.2, 0) is 6.42 Å². The Kier molecular flexibility index (Phi) is 8.27. The monoisotopic (exact) mass is 350 g/mol. The minimum Gasteiger partial charge on any atom is -0.171 e. The molecule has 1 aromatic carbocycles. The largest absolute Gasteiger partial charge is 0.389 e. The molecule has 0 fully saturated rings. The highest BCUT2D eigenvalue weighted by Crippen LogP contribution is 2.23. The van der Waals surface area contributed by atoms with Crippen LogP contribution in [0.5, 0.6) is 0 Å². The van der Waals surface area contributed by atoms with E-state index in [1.807, 2.05) is 12.1 Å². The van der Waals surface area contributed by atoms with E-state index in [9.17, 15) is 13.2 Å².